The average Bonchev–Trinajstić information content (AvgIpc) is 2.91. The molecule has 0 saturated carbocycles. The molecule has 102 valence electrons. The van der Waals surface area contributed by atoms with E-state index in [-0.39, 0.29) is 0 Å². The maximum Gasteiger partial charge on any atom is 0.191 e. The molecule has 0 aromatic carbocycles. The van der Waals surface area contributed by atoms with Crippen LogP contribution in [0.2, 0.25) is 0 Å². The second kappa shape index (κ2) is 6.77. The highest BCUT2D eigenvalue weighted by molar-refractivity contribution is 7.98. The van der Waals surface area contributed by atoms with Gasteiger partial charge in [0.25, 0.3) is 0 Å². The minimum absolute atomic E-state index is 0.797. The highest BCUT2D eigenvalue weighted by Crippen LogP contribution is 2.21. The summed E-state index contributed by atoms with van der Waals surface area (Å²) >= 11 is 3.28. The van der Waals surface area contributed by atoms with Crippen molar-refractivity contribution in [1.29, 1.82) is 0 Å². The summed E-state index contributed by atoms with van der Waals surface area (Å²) in [5.41, 5.74) is 1.31. The summed E-state index contributed by atoms with van der Waals surface area (Å²) in [6.07, 6.45) is 1.99. The Balaban J connectivity index is 2.19. The third kappa shape index (κ3) is 3.84. The Bertz CT molecular complexity index is 513. The summed E-state index contributed by atoms with van der Waals surface area (Å²) in [6, 6.07) is 4.14. The molecule has 2 rings (SSSR count). The Morgan fingerprint density at radius 1 is 1.42 bits per heavy atom. The molecule has 1 N–H and O–H groups in total. The SMILES string of the molecule is CCNc1cc(N(C)Cc2ccsc2)nc(SC)n1. The second-order valence-corrected chi connectivity index (χ2v) is 5.67. The number of thioether (sulfide) groups is 1. The summed E-state index contributed by atoms with van der Waals surface area (Å²) in [5.74, 6) is 1.83. The van der Waals surface area contributed by atoms with E-state index in [0.717, 1.165) is 29.9 Å². The first kappa shape index (κ1) is 14.1. The lowest BCUT2D eigenvalue weighted by Crippen LogP contribution is -2.18. The topological polar surface area (TPSA) is 41.0 Å². The zero-order chi connectivity index (χ0) is 13.7. The van der Waals surface area contributed by atoms with Gasteiger partial charge in [-0.2, -0.15) is 11.3 Å². The minimum Gasteiger partial charge on any atom is -0.370 e. The zero-order valence-electron chi connectivity index (χ0n) is 11.4. The maximum atomic E-state index is 4.56. The maximum absolute atomic E-state index is 4.56. The molecule has 0 aliphatic heterocycles. The molecule has 0 bridgehead atoms. The van der Waals surface area contributed by atoms with Gasteiger partial charge in [-0.05, 0) is 35.6 Å². The Labute approximate surface area is 122 Å². The Morgan fingerprint density at radius 3 is 2.89 bits per heavy atom. The van der Waals surface area contributed by atoms with Gasteiger partial charge in [0.05, 0.1) is 0 Å². The Kier molecular flexibility index (Phi) is 5.04. The van der Waals surface area contributed by atoms with Crippen molar-refractivity contribution in [1.82, 2.24) is 9.97 Å². The molecule has 0 aliphatic carbocycles. The number of aromatic nitrogens is 2. The number of hydrogen-bond acceptors (Lipinski definition) is 6. The van der Waals surface area contributed by atoms with E-state index in [1.54, 1.807) is 23.1 Å². The Hall–Kier alpha value is -1.27. The third-order valence-corrected chi connectivity index (χ3v) is 3.90. The number of hydrogen-bond donors (Lipinski definition) is 1. The predicted octanol–water partition coefficient (Wildman–Crippen LogP) is 3.33. The summed E-state index contributed by atoms with van der Waals surface area (Å²) in [6.45, 7) is 3.79. The Morgan fingerprint density at radius 2 is 2.26 bits per heavy atom. The molecule has 0 radical (unpaired) electrons. The van der Waals surface area contributed by atoms with E-state index < -0.39 is 0 Å². The largest absolute Gasteiger partial charge is 0.370 e. The van der Waals surface area contributed by atoms with E-state index in [1.807, 2.05) is 12.3 Å². The van der Waals surface area contributed by atoms with E-state index in [2.05, 4.69) is 51.0 Å². The van der Waals surface area contributed by atoms with E-state index in [9.17, 15) is 0 Å². The van der Waals surface area contributed by atoms with Crippen molar-refractivity contribution in [3.05, 3.63) is 28.5 Å². The van der Waals surface area contributed by atoms with Gasteiger partial charge in [-0.1, -0.05) is 11.8 Å². The van der Waals surface area contributed by atoms with Crippen LogP contribution in [0.3, 0.4) is 0 Å². The van der Waals surface area contributed by atoms with Gasteiger partial charge in [0.15, 0.2) is 5.16 Å². The molecule has 0 atom stereocenters. The molecule has 4 nitrogen and oxygen atoms in total. The molecule has 2 aromatic heterocycles. The molecule has 0 fully saturated rings. The van der Waals surface area contributed by atoms with Crippen LogP contribution in [0.25, 0.3) is 0 Å². The number of thiophene rings is 1. The first-order valence-corrected chi connectivity index (χ1v) is 8.29. The van der Waals surface area contributed by atoms with Crippen LogP contribution >= 0.6 is 23.1 Å². The molecule has 2 heterocycles. The smallest absolute Gasteiger partial charge is 0.191 e. The zero-order valence-corrected chi connectivity index (χ0v) is 13.0. The molecule has 0 unspecified atom stereocenters. The summed E-state index contributed by atoms with van der Waals surface area (Å²) in [7, 11) is 2.06. The van der Waals surface area contributed by atoms with Crippen LogP contribution in [0.1, 0.15) is 12.5 Å². The third-order valence-electron chi connectivity index (χ3n) is 2.62. The lowest BCUT2D eigenvalue weighted by atomic mass is 10.3. The van der Waals surface area contributed by atoms with Gasteiger partial charge in [0.2, 0.25) is 0 Å². The van der Waals surface area contributed by atoms with Crippen LogP contribution in [0.4, 0.5) is 11.6 Å². The highest BCUT2D eigenvalue weighted by Gasteiger charge is 2.08. The monoisotopic (exact) mass is 294 g/mol. The minimum atomic E-state index is 0.797. The molecule has 19 heavy (non-hydrogen) atoms. The van der Waals surface area contributed by atoms with Crippen LogP contribution in [0, 0.1) is 0 Å². The lowest BCUT2D eigenvalue weighted by Gasteiger charge is -2.19. The van der Waals surface area contributed by atoms with Gasteiger partial charge in [0, 0.05) is 26.2 Å². The van der Waals surface area contributed by atoms with E-state index in [4.69, 9.17) is 0 Å². The van der Waals surface area contributed by atoms with E-state index in [0.29, 0.717) is 0 Å². The first-order chi connectivity index (χ1) is 9.22. The fraction of sp³-hybridized carbons (Fsp3) is 0.385. The van der Waals surface area contributed by atoms with Gasteiger partial charge >= 0.3 is 0 Å². The molecule has 6 heteroatoms. The van der Waals surface area contributed by atoms with Crippen molar-refractivity contribution in [3.63, 3.8) is 0 Å². The number of anilines is 2. The van der Waals surface area contributed by atoms with Crippen LogP contribution in [-0.4, -0.2) is 29.8 Å². The normalized spacial score (nSPS) is 10.5. The van der Waals surface area contributed by atoms with Crippen LogP contribution < -0.4 is 10.2 Å². The summed E-state index contributed by atoms with van der Waals surface area (Å²) in [4.78, 5) is 11.1. The molecule has 0 aliphatic rings. The standard InChI is InChI=1S/C13H18N4S2/c1-4-14-11-7-12(16-13(15-11)18-3)17(2)8-10-5-6-19-9-10/h5-7,9H,4,8H2,1-3H3,(H,14,15,16). The first-order valence-electron chi connectivity index (χ1n) is 6.12. The number of nitrogens with zero attached hydrogens (tertiary/aromatic N) is 3. The molecule has 0 saturated heterocycles. The van der Waals surface area contributed by atoms with Crippen molar-refractivity contribution in [2.45, 2.75) is 18.6 Å². The van der Waals surface area contributed by atoms with Gasteiger partial charge in [-0.15, -0.1) is 0 Å². The predicted molar refractivity (Wildman–Crippen MR) is 84.4 cm³/mol. The van der Waals surface area contributed by atoms with Gasteiger partial charge < -0.3 is 10.2 Å². The quantitative estimate of drug-likeness (QED) is 0.654. The van der Waals surface area contributed by atoms with Crippen molar-refractivity contribution in [2.75, 3.05) is 30.1 Å². The van der Waals surface area contributed by atoms with E-state index in [1.165, 1.54) is 5.56 Å². The van der Waals surface area contributed by atoms with Gasteiger partial charge in [0.1, 0.15) is 11.6 Å². The van der Waals surface area contributed by atoms with Gasteiger partial charge in [-0.25, -0.2) is 9.97 Å². The number of rotatable bonds is 6. The fourth-order valence-electron chi connectivity index (χ4n) is 1.71. The van der Waals surface area contributed by atoms with Crippen molar-refractivity contribution >= 4 is 34.7 Å². The molecular formula is C13H18N4S2. The van der Waals surface area contributed by atoms with Crippen LogP contribution in [0.15, 0.2) is 28.0 Å². The van der Waals surface area contributed by atoms with E-state index >= 15 is 0 Å². The highest BCUT2D eigenvalue weighted by atomic mass is 32.2. The summed E-state index contributed by atoms with van der Waals surface area (Å²) in [5, 5.41) is 8.31. The van der Waals surface area contributed by atoms with Gasteiger partial charge in [-0.3, -0.25) is 0 Å². The lowest BCUT2D eigenvalue weighted by molar-refractivity contribution is 0.858. The second-order valence-electron chi connectivity index (χ2n) is 4.12. The fourth-order valence-corrected chi connectivity index (χ4v) is 2.74. The van der Waals surface area contributed by atoms with Crippen LogP contribution in [-0.2, 0) is 6.54 Å². The molecule has 0 spiro atoms. The van der Waals surface area contributed by atoms with Crippen LogP contribution in [0.5, 0.6) is 0 Å². The molecule has 0 amide bonds. The molecule has 2 aromatic rings. The van der Waals surface area contributed by atoms with Crippen molar-refractivity contribution < 1.29 is 0 Å². The summed E-state index contributed by atoms with van der Waals surface area (Å²) < 4.78 is 0. The number of nitrogens with one attached hydrogen (secondary N) is 1. The van der Waals surface area contributed by atoms with Crippen molar-refractivity contribution in [2.24, 2.45) is 0 Å². The van der Waals surface area contributed by atoms with Crippen molar-refractivity contribution in [3.8, 4) is 0 Å². The average molecular weight is 294 g/mol. The molecular weight excluding hydrogens is 276 g/mol.